The lowest BCUT2D eigenvalue weighted by Crippen LogP contribution is -2.25. The maximum Gasteiger partial charge on any atom is 0.387 e. The number of Topliss-reactive ketones (excluding diaryl/α,β-unsaturated/α-hetero) is 1. The molecule has 0 heterocycles. The smallest absolute Gasteiger partial charge is 0.387 e. The maximum absolute atomic E-state index is 12.5. The summed E-state index contributed by atoms with van der Waals surface area (Å²) < 4.78 is 45.4. The molecule has 1 amide bonds. The van der Waals surface area contributed by atoms with Crippen molar-refractivity contribution in [2.75, 3.05) is 27.4 Å². The second-order valence-corrected chi connectivity index (χ2v) is 6.84. The number of hydrogen-bond acceptors (Lipinski definition) is 6. The van der Waals surface area contributed by atoms with Crippen molar-refractivity contribution in [1.82, 2.24) is 5.32 Å². The maximum atomic E-state index is 12.5. The Bertz CT molecular complexity index is 919. The summed E-state index contributed by atoms with van der Waals surface area (Å²) in [7, 11) is 2.86. The van der Waals surface area contributed by atoms with Crippen molar-refractivity contribution in [2.45, 2.75) is 32.8 Å². The third-order valence-corrected chi connectivity index (χ3v) is 4.56. The largest absolute Gasteiger partial charge is 0.493 e. The van der Waals surface area contributed by atoms with Gasteiger partial charge in [0.1, 0.15) is 0 Å². The molecule has 1 N–H and O–H groups in total. The fourth-order valence-corrected chi connectivity index (χ4v) is 2.92. The second kappa shape index (κ2) is 12.5. The number of amides is 1. The van der Waals surface area contributed by atoms with E-state index in [0.717, 1.165) is 5.56 Å². The normalized spacial score (nSPS) is 10.6. The molecule has 0 atom stereocenters. The van der Waals surface area contributed by atoms with E-state index in [2.05, 4.69) is 10.1 Å². The van der Waals surface area contributed by atoms with Crippen LogP contribution in [-0.2, 0) is 11.2 Å². The van der Waals surface area contributed by atoms with Crippen LogP contribution in [0.15, 0.2) is 36.4 Å². The summed E-state index contributed by atoms with van der Waals surface area (Å²) in [5.41, 5.74) is 1.25. The molecule has 0 aliphatic rings. The van der Waals surface area contributed by atoms with Crippen LogP contribution in [0.4, 0.5) is 8.78 Å². The quantitative estimate of drug-likeness (QED) is 0.366. The summed E-state index contributed by atoms with van der Waals surface area (Å²) in [4.78, 5) is 23.5. The van der Waals surface area contributed by atoms with E-state index in [4.69, 9.17) is 14.2 Å². The van der Waals surface area contributed by atoms with Crippen molar-refractivity contribution in [2.24, 2.45) is 0 Å². The molecule has 0 unspecified atom stereocenters. The molecule has 7 nitrogen and oxygen atoms in total. The number of halogens is 2. The average molecular weight is 451 g/mol. The van der Waals surface area contributed by atoms with Gasteiger partial charge in [0, 0.05) is 18.5 Å². The Balaban J connectivity index is 1.74. The average Bonchev–Trinajstić information content (AvgIpc) is 2.76. The molecular formula is C23H27F2NO6. The van der Waals surface area contributed by atoms with E-state index >= 15 is 0 Å². The molecule has 0 fully saturated rings. The lowest BCUT2D eigenvalue weighted by Gasteiger charge is -2.12. The molecule has 0 radical (unpaired) electrons. The predicted octanol–water partition coefficient (Wildman–Crippen LogP) is 4.03. The van der Waals surface area contributed by atoms with Crippen LogP contribution in [0.3, 0.4) is 0 Å². The molecule has 32 heavy (non-hydrogen) atoms. The van der Waals surface area contributed by atoms with Crippen molar-refractivity contribution in [1.29, 1.82) is 0 Å². The van der Waals surface area contributed by atoms with E-state index in [-0.39, 0.29) is 29.6 Å². The number of benzene rings is 2. The fraction of sp³-hybridized carbons (Fsp3) is 0.391. The zero-order valence-electron chi connectivity index (χ0n) is 18.3. The minimum atomic E-state index is -2.95. The van der Waals surface area contributed by atoms with Gasteiger partial charge in [-0.2, -0.15) is 8.78 Å². The number of ether oxygens (including phenoxy) is 4. The van der Waals surface area contributed by atoms with Gasteiger partial charge < -0.3 is 24.3 Å². The highest BCUT2D eigenvalue weighted by molar-refractivity contribution is 5.94. The first-order valence-electron chi connectivity index (χ1n) is 10.0. The minimum absolute atomic E-state index is 0.0461. The van der Waals surface area contributed by atoms with Crippen molar-refractivity contribution < 1.29 is 37.3 Å². The third kappa shape index (κ3) is 7.72. The molecule has 0 aliphatic carbocycles. The lowest BCUT2D eigenvalue weighted by molar-refractivity contribution is -0.121. The monoisotopic (exact) mass is 451 g/mol. The Kier molecular flexibility index (Phi) is 9.72. The Labute approximate surface area is 185 Å². The number of rotatable bonds is 13. The Hall–Kier alpha value is -3.36. The molecule has 0 saturated heterocycles. The Morgan fingerprint density at radius 3 is 2.34 bits per heavy atom. The molecule has 0 bridgehead atoms. The molecule has 174 valence electrons. The predicted molar refractivity (Wildman–Crippen MR) is 114 cm³/mol. The standard InChI is InChI=1S/C23H27F2NO6/c1-15(27)17-7-9-19(20(14-17)30-3)31-12-4-5-22(28)26-11-10-16-6-8-18(29-2)21(13-16)32-23(24)25/h6-9,13-14,23H,4-5,10-12H2,1-3H3,(H,26,28). The second-order valence-electron chi connectivity index (χ2n) is 6.84. The van der Waals surface area contributed by atoms with Crippen LogP contribution in [0.5, 0.6) is 23.0 Å². The van der Waals surface area contributed by atoms with Gasteiger partial charge in [-0.15, -0.1) is 0 Å². The fourth-order valence-electron chi connectivity index (χ4n) is 2.92. The summed E-state index contributed by atoms with van der Waals surface area (Å²) in [6.07, 6.45) is 1.19. The van der Waals surface area contributed by atoms with Gasteiger partial charge >= 0.3 is 6.61 Å². The highest BCUT2D eigenvalue weighted by atomic mass is 19.3. The summed E-state index contributed by atoms with van der Waals surface area (Å²) in [5.74, 6) is 0.904. The van der Waals surface area contributed by atoms with Crippen molar-refractivity contribution in [3.05, 3.63) is 47.5 Å². The van der Waals surface area contributed by atoms with Crippen molar-refractivity contribution in [3.8, 4) is 23.0 Å². The molecule has 0 saturated carbocycles. The minimum Gasteiger partial charge on any atom is -0.493 e. The van der Waals surface area contributed by atoms with E-state index in [0.29, 0.717) is 43.1 Å². The molecular weight excluding hydrogens is 424 g/mol. The highest BCUT2D eigenvalue weighted by Gasteiger charge is 2.12. The first-order valence-corrected chi connectivity index (χ1v) is 10.0. The summed E-state index contributed by atoms with van der Waals surface area (Å²) in [6, 6.07) is 9.67. The number of methoxy groups -OCH3 is 2. The first kappa shape index (κ1) is 24.9. The number of alkyl halides is 2. The molecule has 9 heteroatoms. The van der Waals surface area contributed by atoms with Crippen LogP contribution in [0, 0.1) is 0 Å². The zero-order valence-corrected chi connectivity index (χ0v) is 18.3. The van der Waals surface area contributed by atoms with E-state index < -0.39 is 6.61 Å². The summed E-state index contributed by atoms with van der Waals surface area (Å²) >= 11 is 0. The first-order chi connectivity index (χ1) is 15.3. The summed E-state index contributed by atoms with van der Waals surface area (Å²) in [6.45, 7) is -0.831. The topological polar surface area (TPSA) is 83.1 Å². The van der Waals surface area contributed by atoms with Gasteiger partial charge in [0.05, 0.1) is 20.8 Å². The molecule has 0 aliphatic heterocycles. The van der Waals surface area contributed by atoms with E-state index in [1.807, 2.05) is 0 Å². The van der Waals surface area contributed by atoms with Crippen LogP contribution in [0.2, 0.25) is 0 Å². The van der Waals surface area contributed by atoms with Crippen LogP contribution in [0.25, 0.3) is 0 Å². The molecule has 0 spiro atoms. The van der Waals surface area contributed by atoms with Gasteiger partial charge in [-0.25, -0.2) is 0 Å². The van der Waals surface area contributed by atoms with Crippen molar-refractivity contribution in [3.63, 3.8) is 0 Å². The van der Waals surface area contributed by atoms with Crippen LogP contribution < -0.4 is 24.3 Å². The number of nitrogens with one attached hydrogen (secondary N) is 1. The SMILES string of the molecule is COc1cc(C(C)=O)ccc1OCCCC(=O)NCCc1ccc(OC)c(OC(F)F)c1. The third-order valence-electron chi connectivity index (χ3n) is 4.56. The van der Waals surface area contributed by atoms with E-state index in [1.54, 1.807) is 30.3 Å². The number of carbonyl (C=O) groups excluding carboxylic acids is 2. The van der Waals surface area contributed by atoms with Crippen molar-refractivity contribution >= 4 is 11.7 Å². The van der Waals surface area contributed by atoms with E-state index in [9.17, 15) is 18.4 Å². The van der Waals surface area contributed by atoms with E-state index in [1.165, 1.54) is 27.2 Å². The van der Waals surface area contributed by atoms with Gasteiger partial charge in [-0.3, -0.25) is 9.59 Å². The van der Waals surface area contributed by atoms with Crippen LogP contribution in [0.1, 0.15) is 35.7 Å². The van der Waals surface area contributed by atoms with Gasteiger partial charge in [-0.1, -0.05) is 6.07 Å². The van der Waals surface area contributed by atoms with Gasteiger partial charge in [0.15, 0.2) is 28.8 Å². The Morgan fingerprint density at radius 2 is 1.69 bits per heavy atom. The van der Waals surface area contributed by atoms with Crippen LogP contribution in [-0.4, -0.2) is 45.7 Å². The number of ketones is 1. The molecule has 2 aromatic carbocycles. The lowest BCUT2D eigenvalue weighted by atomic mass is 10.1. The molecule has 0 aromatic heterocycles. The summed E-state index contributed by atoms with van der Waals surface area (Å²) in [5, 5.41) is 2.78. The van der Waals surface area contributed by atoms with Gasteiger partial charge in [0.25, 0.3) is 0 Å². The van der Waals surface area contributed by atoms with Gasteiger partial charge in [-0.05, 0) is 55.7 Å². The van der Waals surface area contributed by atoms with Gasteiger partial charge in [0.2, 0.25) is 5.91 Å². The number of hydrogen-bond donors (Lipinski definition) is 1. The number of carbonyl (C=O) groups is 2. The highest BCUT2D eigenvalue weighted by Crippen LogP contribution is 2.30. The molecule has 2 rings (SSSR count). The Morgan fingerprint density at radius 1 is 0.969 bits per heavy atom. The van der Waals surface area contributed by atoms with Crippen LogP contribution >= 0.6 is 0 Å². The zero-order chi connectivity index (χ0) is 23.5. The molecule has 2 aromatic rings.